The van der Waals surface area contributed by atoms with Crippen LogP contribution in [0.1, 0.15) is 63.0 Å². The Balaban J connectivity index is 1.75. The van der Waals surface area contributed by atoms with Gasteiger partial charge in [0.1, 0.15) is 11.5 Å². The van der Waals surface area contributed by atoms with E-state index in [9.17, 15) is 19.8 Å². The van der Waals surface area contributed by atoms with Gasteiger partial charge < -0.3 is 20.8 Å². The fraction of sp³-hybridized carbons (Fsp3) is 0.462. The molecule has 1 unspecified atom stereocenters. The molecule has 2 amide bonds. The zero-order chi connectivity index (χ0) is 23.2. The SMILES string of the molecule is CCCCCCC(CCCNC(=O)Cc1ccc(O)cc1)NC(=O)Cc1ccc(O)cc1. The van der Waals surface area contributed by atoms with Crippen LogP contribution in [-0.4, -0.2) is 34.6 Å². The fourth-order valence-electron chi connectivity index (χ4n) is 3.62. The summed E-state index contributed by atoms with van der Waals surface area (Å²) >= 11 is 0. The van der Waals surface area contributed by atoms with Gasteiger partial charge in [0.05, 0.1) is 12.8 Å². The molecule has 32 heavy (non-hydrogen) atoms. The third-order valence-corrected chi connectivity index (χ3v) is 5.42. The molecule has 0 aromatic heterocycles. The molecule has 0 spiro atoms. The van der Waals surface area contributed by atoms with Crippen molar-refractivity contribution in [1.29, 1.82) is 0 Å². The first-order valence-corrected chi connectivity index (χ1v) is 11.6. The summed E-state index contributed by atoms with van der Waals surface area (Å²) in [6.07, 6.45) is 7.70. The number of benzene rings is 2. The van der Waals surface area contributed by atoms with E-state index in [-0.39, 0.29) is 42.2 Å². The summed E-state index contributed by atoms with van der Waals surface area (Å²) in [5, 5.41) is 24.8. The Morgan fingerprint density at radius 1 is 0.750 bits per heavy atom. The minimum Gasteiger partial charge on any atom is -0.508 e. The van der Waals surface area contributed by atoms with Gasteiger partial charge in [-0.3, -0.25) is 9.59 Å². The Hall–Kier alpha value is -3.02. The van der Waals surface area contributed by atoms with Gasteiger partial charge >= 0.3 is 0 Å². The molecular formula is C26H36N2O4. The summed E-state index contributed by atoms with van der Waals surface area (Å²) in [5.74, 6) is 0.307. The number of carbonyl (C=O) groups is 2. The number of amides is 2. The lowest BCUT2D eigenvalue weighted by atomic mass is 10.0. The quantitative estimate of drug-likeness (QED) is 0.330. The molecule has 0 radical (unpaired) electrons. The van der Waals surface area contributed by atoms with Crippen molar-refractivity contribution in [3.8, 4) is 11.5 Å². The first kappa shape index (κ1) is 25.2. The summed E-state index contributed by atoms with van der Waals surface area (Å²) in [5.41, 5.74) is 1.72. The highest BCUT2D eigenvalue weighted by atomic mass is 16.3. The van der Waals surface area contributed by atoms with Gasteiger partial charge in [-0.15, -0.1) is 0 Å². The number of nitrogens with one attached hydrogen (secondary N) is 2. The van der Waals surface area contributed by atoms with E-state index in [1.165, 1.54) is 12.8 Å². The second kappa shape index (κ2) is 14.1. The van der Waals surface area contributed by atoms with E-state index in [1.807, 2.05) is 0 Å². The van der Waals surface area contributed by atoms with E-state index >= 15 is 0 Å². The number of hydrogen-bond donors (Lipinski definition) is 4. The normalized spacial score (nSPS) is 11.7. The zero-order valence-electron chi connectivity index (χ0n) is 19.0. The van der Waals surface area contributed by atoms with E-state index in [0.29, 0.717) is 6.54 Å². The molecule has 1 atom stereocenters. The van der Waals surface area contributed by atoms with Crippen LogP contribution in [0.2, 0.25) is 0 Å². The van der Waals surface area contributed by atoms with Crippen LogP contribution in [0.15, 0.2) is 48.5 Å². The predicted octanol–water partition coefficient (Wildman–Crippen LogP) is 4.23. The molecule has 0 saturated heterocycles. The van der Waals surface area contributed by atoms with Crippen LogP contribution in [0, 0.1) is 0 Å². The molecule has 2 rings (SSSR count). The molecule has 6 heteroatoms. The van der Waals surface area contributed by atoms with Crippen LogP contribution >= 0.6 is 0 Å². The van der Waals surface area contributed by atoms with E-state index in [4.69, 9.17) is 0 Å². The standard InChI is InChI=1S/C26H36N2O4/c1-2-3-4-5-7-22(28-26(32)19-21-11-15-24(30)16-12-21)8-6-17-27-25(31)18-20-9-13-23(29)14-10-20/h9-16,22,29-30H,2-8,17-19H2,1H3,(H,27,31)(H,28,32). The van der Waals surface area contributed by atoms with E-state index in [0.717, 1.165) is 43.2 Å². The molecule has 0 bridgehead atoms. The Morgan fingerprint density at radius 3 is 1.84 bits per heavy atom. The number of hydrogen-bond acceptors (Lipinski definition) is 4. The van der Waals surface area contributed by atoms with Gasteiger partial charge in [0, 0.05) is 12.6 Å². The maximum absolute atomic E-state index is 12.5. The maximum Gasteiger partial charge on any atom is 0.224 e. The third-order valence-electron chi connectivity index (χ3n) is 5.42. The maximum atomic E-state index is 12.5. The molecular weight excluding hydrogens is 404 g/mol. The Labute approximate surface area is 191 Å². The highest BCUT2D eigenvalue weighted by Gasteiger charge is 2.13. The number of carbonyl (C=O) groups excluding carboxylic acids is 2. The van der Waals surface area contributed by atoms with Gasteiger partial charge in [-0.1, -0.05) is 56.9 Å². The van der Waals surface area contributed by atoms with Crippen LogP contribution in [0.3, 0.4) is 0 Å². The van der Waals surface area contributed by atoms with E-state index < -0.39 is 0 Å². The van der Waals surface area contributed by atoms with Crippen LogP contribution in [0.25, 0.3) is 0 Å². The van der Waals surface area contributed by atoms with E-state index in [1.54, 1.807) is 48.5 Å². The lowest BCUT2D eigenvalue weighted by Gasteiger charge is -2.19. The largest absolute Gasteiger partial charge is 0.508 e. The average Bonchev–Trinajstić information content (AvgIpc) is 2.77. The molecule has 0 saturated carbocycles. The highest BCUT2D eigenvalue weighted by Crippen LogP contribution is 2.13. The summed E-state index contributed by atoms with van der Waals surface area (Å²) < 4.78 is 0. The van der Waals surface area contributed by atoms with Crippen LogP contribution in [-0.2, 0) is 22.4 Å². The van der Waals surface area contributed by atoms with Crippen molar-refractivity contribution < 1.29 is 19.8 Å². The van der Waals surface area contributed by atoms with Crippen molar-refractivity contribution in [2.75, 3.05) is 6.54 Å². The van der Waals surface area contributed by atoms with Crippen molar-refractivity contribution in [2.24, 2.45) is 0 Å². The second-order valence-corrected chi connectivity index (χ2v) is 8.29. The van der Waals surface area contributed by atoms with Crippen molar-refractivity contribution in [3.05, 3.63) is 59.7 Å². The minimum absolute atomic E-state index is 0.0208. The molecule has 0 aliphatic rings. The van der Waals surface area contributed by atoms with Gasteiger partial charge in [0.2, 0.25) is 11.8 Å². The molecule has 2 aromatic carbocycles. The van der Waals surface area contributed by atoms with Crippen LogP contribution in [0.5, 0.6) is 11.5 Å². The van der Waals surface area contributed by atoms with Crippen molar-refractivity contribution >= 4 is 11.8 Å². The molecule has 0 fully saturated rings. The number of phenols is 2. The summed E-state index contributed by atoms with van der Waals surface area (Å²) in [7, 11) is 0. The second-order valence-electron chi connectivity index (χ2n) is 8.29. The Bertz CT molecular complexity index is 819. The van der Waals surface area contributed by atoms with Crippen molar-refractivity contribution in [2.45, 2.75) is 70.8 Å². The van der Waals surface area contributed by atoms with Crippen LogP contribution in [0.4, 0.5) is 0 Å². The molecule has 0 heterocycles. The first-order valence-electron chi connectivity index (χ1n) is 11.6. The molecule has 2 aromatic rings. The number of unbranched alkanes of at least 4 members (excludes halogenated alkanes) is 3. The van der Waals surface area contributed by atoms with Gasteiger partial charge in [0.25, 0.3) is 0 Å². The summed E-state index contributed by atoms with van der Waals surface area (Å²) in [6, 6.07) is 13.4. The Morgan fingerprint density at radius 2 is 1.28 bits per heavy atom. The predicted molar refractivity (Wildman–Crippen MR) is 127 cm³/mol. The van der Waals surface area contributed by atoms with Crippen molar-refractivity contribution in [3.63, 3.8) is 0 Å². The van der Waals surface area contributed by atoms with Gasteiger partial charge in [-0.25, -0.2) is 0 Å². The number of aromatic hydroxyl groups is 2. The Kier molecular flexibility index (Phi) is 11.1. The highest BCUT2D eigenvalue weighted by molar-refractivity contribution is 5.79. The smallest absolute Gasteiger partial charge is 0.224 e. The average molecular weight is 441 g/mol. The molecule has 0 aliphatic heterocycles. The first-order chi connectivity index (χ1) is 15.5. The molecule has 0 aliphatic carbocycles. The zero-order valence-corrected chi connectivity index (χ0v) is 19.0. The molecule has 174 valence electrons. The number of phenolic OH excluding ortho intramolecular Hbond substituents is 2. The number of rotatable bonds is 14. The van der Waals surface area contributed by atoms with Crippen molar-refractivity contribution in [1.82, 2.24) is 10.6 Å². The van der Waals surface area contributed by atoms with Gasteiger partial charge in [-0.2, -0.15) is 0 Å². The monoisotopic (exact) mass is 440 g/mol. The lowest BCUT2D eigenvalue weighted by molar-refractivity contribution is -0.122. The third kappa shape index (κ3) is 10.3. The van der Waals surface area contributed by atoms with Gasteiger partial charge in [0.15, 0.2) is 0 Å². The van der Waals surface area contributed by atoms with Gasteiger partial charge in [-0.05, 0) is 54.7 Å². The summed E-state index contributed by atoms with van der Waals surface area (Å²) in [6.45, 7) is 2.74. The minimum atomic E-state index is -0.0495. The fourth-order valence-corrected chi connectivity index (χ4v) is 3.62. The molecule has 6 nitrogen and oxygen atoms in total. The molecule has 4 N–H and O–H groups in total. The van der Waals surface area contributed by atoms with Crippen LogP contribution < -0.4 is 10.6 Å². The topological polar surface area (TPSA) is 98.7 Å². The summed E-state index contributed by atoms with van der Waals surface area (Å²) in [4.78, 5) is 24.6. The lowest BCUT2D eigenvalue weighted by Crippen LogP contribution is -2.36. The van der Waals surface area contributed by atoms with E-state index in [2.05, 4.69) is 17.6 Å².